The minimum Gasteiger partial charge on any atom is -0.399 e. The highest BCUT2D eigenvalue weighted by molar-refractivity contribution is 5.93. The van der Waals surface area contributed by atoms with Crippen LogP contribution >= 0.6 is 0 Å². The van der Waals surface area contributed by atoms with Crippen LogP contribution in [0.4, 0.5) is 5.69 Å². The molecule has 1 aromatic heterocycles. The van der Waals surface area contributed by atoms with Gasteiger partial charge in [-0.15, -0.1) is 0 Å². The minimum atomic E-state index is -0.0378. The number of hydrogen-bond donors (Lipinski definition) is 1. The lowest BCUT2D eigenvalue weighted by Gasteiger charge is -2.22. The molecule has 0 saturated heterocycles. The van der Waals surface area contributed by atoms with Gasteiger partial charge in [-0.2, -0.15) is 10.2 Å². The Kier molecular flexibility index (Phi) is 4.65. The molecule has 2 rings (SSSR count). The van der Waals surface area contributed by atoms with Crippen molar-refractivity contribution in [1.29, 1.82) is 0 Å². The summed E-state index contributed by atoms with van der Waals surface area (Å²) in [6, 6.07) is 9.27. The Morgan fingerprint density at radius 1 is 1.30 bits per heavy atom. The summed E-state index contributed by atoms with van der Waals surface area (Å²) in [6.45, 7) is 3.28. The highest BCUT2D eigenvalue weighted by atomic mass is 16.2. The van der Waals surface area contributed by atoms with Gasteiger partial charge in [-0.25, -0.2) is 0 Å². The third kappa shape index (κ3) is 3.54. The Morgan fingerprint density at radius 2 is 2.15 bits per heavy atom. The zero-order valence-corrected chi connectivity index (χ0v) is 11.5. The quantitative estimate of drug-likeness (QED) is 0.845. The molecule has 2 N–H and O–H groups in total. The summed E-state index contributed by atoms with van der Waals surface area (Å²) < 4.78 is 0. The first-order valence-electron chi connectivity index (χ1n) is 6.61. The molecule has 0 atom stereocenters. The van der Waals surface area contributed by atoms with Crippen LogP contribution in [0, 0.1) is 0 Å². The Hall–Kier alpha value is -2.43. The van der Waals surface area contributed by atoms with Gasteiger partial charge < -0.3 is 10.6 Å². The highest BCUT2D eigenvalue weighted by Gasteiger charge is 2.15. The molecule has 20 heavy (non-hydrogen) atoms. The molecule has 1 heterocycles. The summed E-state index contributed by atoms with van der Waals surface area (Å²) in [5.41, 5.74) is 8.05. The van der Waals surface area contributed by atoms with Crippen molar-refractivity contribution in [3.05, 3.63) is 53.9 Å². The summed E-state index contributed by atoms with van der Waals surface area (Å²) in [7, 11) is 0. The van der Waals surface area contributed by atoms with Gasteiger partial charge in [0.1, 0.15) is 0 Å². The van der Waals surface area contributed by atoms with Gasteiger partial charge >= 0.3 is 0 Å². The van der Waals surface area contributed by atoms with Crippen LogP contribution < -0.4 is 5.73 Å². The zero-order chi connectivity index (χ0) is 14.4. The molecule has 0 radical (unpaired) electrons. The van der Waals surface area contributed by atoms with E-state index in [1.165, 1.54) is 12.4 Å². The van der Waals surface area contributed by atoms with Crippen molar-refractivity contribution >= 4 is 11.6 Å². The monoisotopic (exact) mass is 270 g/mol. The molecule has 0 aliphatic carbocycles. The SMILES string of the molecule is CCCN(Cc1cccc(N)c1)C(=O)c1ccnnc1. The number of nitrogens with zero attached hydrogens (tertiary/aromatic N) is 3. The second kappa shape index (κ2) is 6.65. The summed E-state index contributed by atoms with van der Waals surface area (Å²) in [4.78, 5) is 14.2. The molecular formula is C15H18N4O. The van der Waals surface area contributed by atoms with Crippen molar-refractivity contribution < 1.29 is 4.79 Å². The molecule has 0 aliphatic heterocycles. The summed E-state index contributed by atoms with van der Waals surface area (Å²) >= 11 is 0. The Morgan fingerprint density at radius 3 is 2.80 bits per heavy atom. The van der Waals surface area contributed by atoms with Gasteiger partial charge in [-0.05, 0) is 30.2 Å². The van der Waals surface area contributed by atoms with E-state index in [1.807, 2.05) is 31.2 Å². The van der Waals surface area contributed by atoms with Crippen LogP contribution in [0.5, 0.6) is 0 Å². The Balaban J connectivity index is 2.17. The van der Waals surface area contributed by atoms with Crippen molar-refractivity contribution in [3.8, 4) is 0 Å². The van der Waals surface area contributed by atoms with Crippen LogP contribution in [0.1, 0.15) is 29.3 Å². The number of carbonyl (C=O) groups excluding carboxylic acids is 1. The van der Waals surface area contributed by atoms with Crippen molar-refractivity contribution in [3.63, 3.8) is 0 Å². The summed E-state index contributed by atoms with van der Waals surface area (Å²) in [5.74, 6) is -0.0378. The highest BCUT2D eigenvalue weighted by Crippen LogP contribution is 2.12. The van der Waals surface area contributed by atoms with Gasteiger partial charge in [-0.3, -0.25) is 4.79 Å². The molecule has 0 spiro atoms. The van der Waals surface area contributed by atoms with Gasteiger partial charge in [-0.1, -0.05) is 19.1 Å². The predicted molar refractivity (Wildman–Crippen MR) is 77.9 cm³/mol. The fourth-order valence-electron chi connectivity index (χ4n) is 2.03. The topological polar surface area (TPSA) is 72.1 Å². The summed E-state index contributed by atoms with van der Waals surface area (Å²) in [6.07, 6.45) is 3.91. The molecule has 2 aromatic rings. The smallest absolute Gasteiger partial charge is 0.255 e. The maximum atomic E-state index is 12.5. The maximum absolute atomic E-state index is 12.5. The molecule has 0 unspecified atom stereocenters. The van der Waals surface area contributed by atoms with Crippen LogP contribution in [0.2, 0.25) is 0 Å². The molecule has 104 valence electrons. The predicted octanol–water partition coefficient (Wildman–Crippen LogP) is 2.11. The molecule has 5 nitrogen and oxygen atoms in total. The van der Waals surface area contributed by atoms with Crippen molar-refractivity contribution in [2.24, 2.45) is 0 Å². The van der Waals surface area contributed by atoms with Crippen molar-refractivity contribution in [2.45, 2.75) is 19.9 Å². The molecule has 0 fully saturated rings. The first kappa shape index (κ1) is 14.0. The molecule has 0 bridgehead atoms. The zero-order valence-electron chi connectivity index (χ0n) is 11.5. The second-order valence-corrected chi connectivity index (χ2v) is 4.60. The van der Waals surface area contributed by atoms with E-state index in [2.05, 4.69) is 10.2 Å². The van der Waals surface area contributed by atoms with E-state index in [1.54, 1.807) is 11.0 Å². The first-order chi connectivity index (χ1) is 9.70. The maximum Gasteiger partial charge on any atom is 0.255 e. The number of hydrogen-bond acceptors (Lipinski definition) is 4. The average Bonchev–Trinajstić information content (AvgIpc) is 2.47. The van der Waals surface area contributed by atoms with Crippen molar-refractivity contribution in [1.82, 2.24) is 15.1 Å². The molecular weight excluding hydrogens is 252 g/mol. The number of nitrogen functional groups attached to an aromatic ring is 1. The van der Waals surface area contributed by atoms with Crippen LogP contribution in [-0.2, 0) is 6.54 Å². The second-order valence-electron chi connectivity index (χ2n) is 4.60. The van der Waals surface area contributed by atoms with Gasteiger partial charge in [0.15, 0.2) is 0 Å². The average molecular weight is 270 g/mol. The normalized spacial score (nSPS) is 10.2. The Labute approximate surface area is 118 Å². The molecule has 1 amide bonds. The van der Waals surface area contributed by atoms with Crippen molar-refractivity contribution in [2.75, 3.05) is 12.3 Å². The van der Waals surface area contributed by atoms with Crippen LogP contribution in [0.15, 0.2) is 42.7 Å². The third-order valence-corrected chi connectivity index (χ3v) is 2.94. The van der Waals surface area contributed by atoms with Gasteiger partial charge in [0, 0.05) is 18.8 Å². The Bertz CT molecular complexity index is 571. The molecule has 0 aliphatic rings. The van der Waals surface area contributed by atoms with E-state index in [-0.39, 0.29) is 5.91 Å². The lowest BCUT2D eigenvalue weighted by Crippen LogP contribution is -2.31. The van der Waals surface area contributed by atoms with Gasteiger partial charge in [0.2, 0.25) is 0 Å². The van der Waals surface area contributed by atoms with E-state index in [0.29, 0.717) is 24.3 Å². The number of aromatic nitrogens is 2. The minimum absolute atomic E-state index is 0.0378. The van der Waals surface area contributed by atoms with Gasteiger partial charge in [0.25, 0.3) is 5.91 Å². The lowest BCUT2D eigenvalue weighted by atomic mass is 10.1. The van der Waals surface area contributed by atoms with Crippen LogP contribution in [-0.4, -0.2) is 27.5 Å². The standard InChI is InChI=1S/C15H18N4O/c1-2-8-19(11-12-4-3-5-14(16)9-12)15(20)13-6-7-17-18-10-13/h3-7,9-10H,2,8,11,16H2,1H3. The van der Waals surface area contributed by atoms with E-state index in [0.717, 1.165) is 12.0 Å². The number of amides is 1. The fraction of sp³-hybridized carbons (Fsp3) is 0.267. The number of rotatable bonds is 5. The number of carbonyl (C=O) groups is 1. The number of nitrogens with two attached hydrogens (primary N) is 1. The number of anilines is 1. The fourth-order valence-corrected chi connectivity index (χ4v) is 2.03. The summed E-state index contributed by atoms with van der Waals surface area (Å²) in [5, 5.41) is 7.44. The molecule has 1 aromatic carbocycles. The van der Waals surface area contributed by atoms with E-state index < -0.39 is 0 Å². The van der Waals surface area contributed by atoms with E-state index in [4.69, 9.17) is 5.73 Å². The third-order valence-electron chi connectivity index (χ3n) is 2.94. The van der Waals surface area contributed by atoms with E-state index >= 15 is 0 Å². The first-order valence-corrected chi connectivity index (χ1v) is 6.61. The molecule has 0 saturated carbocycles. The molecule has 5 heteroatoms. The lowest BCUT2D eigenvalue weighted by molar-refractivity contribution is 0.0742. The van der Waals surface area contributed by atoms with Crippen LogP contribution in [0.3, 0.4) is 0 Å². The number of benzene rings is 1. The van der Waals surface area contributed by atoms with Crippen LogP contribution in [0.25, 0.3) is 0 Å². The van der Waals surface area contributed by atoms with E-state index in [9.17, 15) is 4.79 Å². The largest absolute Gasteiger partial charge is 0.399 e. The van der Waals surface area contributed by atoms with Gasteiger partial charge in [0.05, 0.1) is 18.0 Å².